The Kier molecular flexibility index (Phi) is 5.53. The first-order chi connectivity index (χ1) is 16.9. The number of rotatable bonds is 6. The molecule has 1 aliphatic heterocycles. The van der Waals surface area contributed by atoms with Crippen LogP contribution in [0.4, 0.5) is 5.82 Å². The number of nitrogens with zero attached hydrogens (tertiary/aromatic N) is 2. The first-order valence-electron chi connectivity index (χ1n) is 12.3. The molecule has 9 heteroatoms. The third-order valence-electron chi connectivity index (χ3n) is 8.29. The van der Waals surface area contributed by atoms with E-state index >= 15 is 0 Å². The fraction of sp³-hybridized carbons (Fsp3) is 0.462. The number of hydrogen-bond acceptors (Lipinski definition) is 6. The highest BCUT2D eigenvalue weighted by Crippen LogP contribution is 2.54. The van der Waals surface area contributed by atoms with E-state index < -0.39 is 0 Å². The molecule has 182 valence electrons. The molecule has 2 bridgehead atoms. The molecular weight excluding hydrogens is 466 g/mol. The van der Waals surface area contributed by atoms with Crippen molar-refractivity contribution < 1.29 is 9.53 Å². The van der Waals surface area contributed by atoms with Crippen molar-refractivity contribution in [2.75, 3.05) is 11.9 Å². The van der Waals surface area contributed by atoms with Gasteiger partial charge in [-0.2, -0.15) is 0 Å². The summed E-state index contributed by atoms with van der Waals surface area (Å²) < 4.78 is 5.41. The topological polar surface area (TPSA) is 109 Å². The number of fused-ring (bicyclic) bond motifs is 5. The molecule has 0 spiro atoms. The molecule has 4 heterocycles. The summed E-state index contributed by atoms with van der Waals surface area (Å²) in [5.74, 6) is 0.961. The van der Waals surface area contributed by atoms with E-state index in [1.165, 1.54) is 25.3 Å². The van der Waals surface area contributed by atoms with Gasteiger partial charge in [0.2, 0.25) is 5.56 Å². The summed E-state index contributed by atoms with van der Waals surface area (Å²) in [4.78, 5) is 35.4. The number of amides is 1. The minimum atomic E-state index is -0.169. The number of ether oxygens (including phenoxy) is 1. The maximum atomic E-state index is 11.9. The molecule has 0 unspecified atom stereocenters. The fourth-order valence-electron chi connectivity index (χ4n) is 6.05. The van der Waals surface area contributed by atoms with Crippen LogP contribution in [-0.4, -0.2) is 33.0 Å². The van der Waals surface area contributed by atoms with Crippen LogP contribution in [0, 0.1) is 5.41 Å². The fourth-order valence-corrected chi connectivity index (χ4v) is 6.28. The minimum Gasteiger partial charge on any atom is -0.480 e. The zero-order valence-corrected chi connectivity index (χ0v) is 20.2. The van der Waals surface area contributed by atoms with E-state index in [0.29, 0.717) is 28.5 Å². The number of pyridine rings is 3. The molecule has 7 rings (SSSR count). The largest absolute Gasteiger partial charge is 0.480 e. The summed E-state index contributed by atoms with van der Waals surface area (Å²) in [6.07, 6.45) is 10.5. The van der Waals surface area contributed by atoms with Gasteiger partial charge in [0.05, 0.1) is 21.7 Å². The second-order valence-electron chi connectivity index (χ2n) is 10.3. The van der Waals surface area contributed by atoms with Crippen LogP contribution >= 0.6 is 11.6 Å². The highest BCUT2D eigenvalue weighted by atomic mass is 35.5. The standard InChI is InChI=1S/C26H28ClN5O3/c27-18-14-28-19-2-4-21(33)31-23(19)17(18)5-6-25-7-10-26(11-8-25,12-9-25)29-13-16-1-3-20-24(30-16)32-22(34)15-35-20/h1-4,14,29H,5-13,15H2,(H,31,33)(H,30,32,34). The van der Waals surface area contributed by atoms with E-state index in [4.69, 9.17) is 16.3 Å². The lowest BCUT2D eigenvalue weighted by atomic mass is 9.55. The second kappa shape index (κ2) is 8.60. The van der Waals surface area contributed by atoms with E-state index in [-0.39, 0.29) is 23.6 Å². The van der Waals surface area contributed by atoms with Crippen molar-refractivity contribution in [3.8, 4) is 5.75 Å². The molecule has 0 aromatic carbocycles. The van der Waals surface area contributed by atoms with E-state index in [2.05, 4.69) is 25.6 Å². The predicted molar refractivity (Wildman–Crippen MR) is 134 cm³/mol. The average molecular weight is 494 g/mol. The van der Waals surface area contributed by atoms with Crippen molar-refractivity contribution in [1.82, 2.24) is 20.3 Å². The molecule has 35 heavy (non-hydrogen) atoms. The summed E-state index contributed by atoms with van der Waals surface area (Å²) in [6.45, 7) is 0.709. The average Bonchev–Trinajstić information content (AvgIpc) is 2.88. The number of halogens is 1. The minimum absolute atomic E-state index is 0.0403. The van der Waals surface area contributed by atoms with Crippen LogP contribution in [0.2, 0.25) is 5.02 Å². The number of nitrogens with one attached hydrogen (secondary N) is 3. The zero-order valence-electron chi connectivity index (χ0n) is 19.5. The molecule has 3 aromatic heterocycles. The van der Waals surface area contributed by atoms with Gasteiger partial charge in [-0.05, 0) is 80.5 Å². The van der Waals surface area contributed by atoms with Crippen LogP contribution in [0.1, 0.15) is 56.2 Å². The maximum absolute atomic E-state index is 11.9. The Labute approximate surface area is 207 Å². The molecule has 3 aliphatic carbocycles. The van der Waals surface area contributed by atoms with Crippen molar-refractivity contribution in [2.45, 2.75) is 63.5 Å². The van der Waals surface area contributed by atoms with Gasteiger partial charge in [-0.25, -0.2) is 4.98 Å². The third kappa shape index (κ3) is 4.29. The summed E-state index contributed by atoms with van der Waals surface area (Å²) >= 11 is 6.51. The SMILES string of the molecule is O=C1COc2ccc(CNC34CCC(CCc5c(Cl)cnc6ccc(=O)[nH]c56)(CC3)CC4)nc2N1. The van der Waals surface area contributed by atoms with Crippen LogP contribution in [0.15, 0.2) is 35.3 Å². The van der Waals surface area contributed by atoms with Gasteiger partial charge in [-0.3, -0.25) is 14.6 Å². The molecule has 0 saturated heterocycles. The van der Waals surface area contributed by atoms with E-state index in [0.717, 1.165) is 54.4 Å². The van der Waals surface area contributed by atoms with Gasteiger partial charge in [0.1, 0.15) is 0 Å². The number of aryl methyl sites for hydroxylation is 1. The second-order valence-corrected chi connectivity index (χ2v) is 10.7. The van der Waals surface area contributed by atoms with Crippen LogP contribution < -0.4 is 20.9 Å². The number of carbonyl (C=O) groups excluding carboxylic acids is 1. The van der Waals surface area contributed by atoms with Crippen LogP contribution in [0.5, 0.6) is 5.75 Å². The molecular formula is C26H28ClN5O3. The Balaban J connectivity index is 1.10. The molecule has 3 N–H and O–H groups in total. The number of carbonyl (C=O) groups is 1. The highest BCUT2D eigenvalue weighted by Gasteiger charge is 2.48. The van der Waals surface area contributed by atoms with Crippen LogP contribution in [0.3, 0.4) is 0 Å². The van der Waals surface area contributed by atoms with Gasteiger partial charge in [-0.1, -0.05) is 11.6 Å². The molecule has 3 fully saturated rings. The molecule has 0 atom stereocenters. The van der Waals surface area contributed by atoms with Gasteiger partial charge >= 0.3 is 0 Å². The first kappa shape index (κ1) is 22.5. The monoisotopic (exact) mass is 493 g/mol. The van der Waals surface area contributed by atoms with Crippen molar-refractivity contribution in [2.24, 2.45) is 5.41 Å². The van der Waals surface area contributed by atoms with Gasteiger partial charge in [0.15, 0.2) is 18.2 Å². The van der Waals surface area contributed by atoms with Crippen molar-refractivity contribution in [3.63, 3.8) is 0 Å². The number of aromatic amines is 1. The Morgan fingerprint density at radius 2 is 1.86 bits per heavy atom. The van der Waals surface area contributed by atoms with E-state index in [1.54, 1.807) is 12.3 Å². The van der Waals surface area contributed by atoms with Gasteiger partial charge < -0.3 is 20.4 Å². The molecule has 3 saturated carbocycles. The number of H-pyrrole nitrogens is 1. The summed E-state index contributed by atoms with van der Waals surface area (Å²) in [5.41, 5.74) is 3.78. The lowest BCUT2D eigenvalue weighted by Crippen LogP contribution is -2.54. The Morgan fingerprint density at radius 1 is 1.06 bits per heavy atom. The molecule has 3 aromatic rings. The Hall–Kier alpha value is -2.97. The molecule has 4 aliphatic rings. The van der Waals surface area contributed by atoms with E-state index in [9.17, 15) is 9.59 Å². The van der Waals surface area contributed by atoms with Gasteiger partial charge in [0.25, 0.3) is 5.91 Å². The van der Waals surface area contributed by atoms with Crippen LogP contribution in [-0.2, 0) is 17.8 Å². The number of aromatic nitrogens is 3. The predicted octanol–water partition coefficient (Wildman–Crippen LogP) is 4.12. The zero-order chi connectivity index (χ0) is 24.0. The van der Waals surface area contributed by atoms with Gasteiger partial charge in [0, 0.05) is 24.3 Å². The van der Waals surface area contributed by atoms with Gasteiger partial charge in [-0.15, -0.1) is 0 Å². The lowest BCUT2D eigenvalue weighted by molar-refractivity contribution is -0.118. The van der Waals surface area contributed by atoms with Crippen LogP contribution in [0.25, 0.3) is 11.0 Å². The summed E-state index contributed by atoms with van der Waals surface area (Å²) in [6, 6.07) is 7.10. The smallest absolute Gasteiger partial charge is 0.263 e. The Bertz CT molecular complexity index is 1350. The quantitative estimate of drug-likeness (QED) is 0.476. The first-order valence-corrected chi connectivity index (χ1v) is 12.6. The third-order valence-corrected chi connectivity index (χ3v) is 8.61. The maximum Gasteiger partial charge on any atom is 0.263 e. The highest BCUT2D eigenvalue weighted by molar-refractivity contribution is 6.32. The normalized spacial score (nSPS) is 25.2. The van der Waals surface area contributed by atoms with Crippen molar-refractivity contribution in [3.05, 3.63) is 57.1 Å². The molecule has 8 nitrogen and oxygen atoms in total. The van der Waals surface area contributed by atoms with E-state index in [1.807, 2.05) is 12.1 Å². The molecule has 1 amide bonds. The number of anilines is 1. The Morgan fingerprint density at radius 3 is 2.66 bits per heavy atom. The van der Waals surface area contributed by atoms with Crippen molar-refractivity contribution in [1.29, 1.82) is 0 Å². The molecule has 0 radical (unpaired) electrons. The number of hydrogen-bond donors (Lipinski definition) is 3. The summed E-state index contributed by atoms with van der Waals surface area (Å²) in [5, 5.41) is 7.21. The van der Waals surface area contributed by atoms with Crippen molar-refractivity contribution >= 4 is 34.4 Å². The summed E-state index contributed by atoms with van der Waals surface area (Å²) in [7, 11) is 0. The lowest BCUT2D eigenvalue weighted by Gasteiger charge is -2.54.